The molecule has 322 valence electrons. The van der Waals surface area contributed by atoms with Gasteiger partial charge in [-0.3, -0.25) is 9.36 Å². The number of rotatable bonds is 41. The number of carbonyl (C=O) groups excluding carboxylic acids is 1. The fourth-order valence-corrected chi connectivity index (χ4v) is 6.68. The molecule has 0 bridgehead atoms. The van der Waals surface area contributed by atoms with Crippen molar-refractivity contribution in [3.8, 4) is 0 Å². The SMILES string of the molecule is CC/C=C\C/C=C\C/C=C\C/C=C\CCCCCCCCCCC(=O)OC(COCCCCCCCCCCCCCC)COP(=O)([O-])OCC[N+](C)(C)C. The minimum Gasteiger partial charge on any atom is -0.756 e. The molecule has 0 heterocycles. The van der Waals surface area contributed by atoms with E-state index in [4.69, 9.17) is 18.5 Å². The second-order valence-electron chi connectivity index (χ2n) is 16.0. The summed E-state index contributed by atoms with van der Waals surface area (Å²) >= 11 is 0. The molecule has 0 aromatic rings. The number of esters is 1. The molecule has 8 nitrogen and oxygen atoms in total. The first-order valence-electron chi connectivity index (χ1n) is 22.4. The number of phosphoric ester groups is 1. The van der Waals surface area contributed by atoms with Crippen molar-refractivity contribution in [2.45, 2.75) is 187 Å². The predicted molar refractivity (Wildman–Crippen MR) is 231 cm³/mol. The number of allylic oxidation sites excluding steroid dienone is 8. The summed E-state index contributed by atoms with van der Waals surface area (Å²) in [5, 5.41) is 0. The fraction of sp³-hybridized carbons (Fsp3) is 0.804. The molecule has 0 aromatic carbocycles. The quantitative estimate of drug-likeness (QED) is 0.0200. The van der Waals surface area contributed by atoms with Crippen molar-refractivity contribution in [1.29, 1.82) is 0 Å². The van der Waals surface area contributed by atoms with Crippen molar-refractivity contribution in [2.24, 2.45) is 0 Å². The van der Waals surface area contributed by atoms with Gasteiger partial charge in [-0.1, -0.05) is 172 Å². The van der Waals surface area contributed by atoms with Crippen LogP contribution in [0.3, 0.4) is 0 Å². The second-order valence-corrected chi connectivity index (χ2v) is 17.4. The molecule has 0 saturated heterocycles. The molecular weight excluding hydrogens is 709 g/mol. The molecule has 2 atom stereocenters. The van der Waals surface area contributed by atoms with Gasteiger partial charge in [-0.2, -0.15) is 0 Å². The summed E-state index contributed by atoms with van der Waals surface area (Å²) in [5.74, 6) is -0.343. The Morgan fingerprint density at radius 3 is 1.58 bits per heavy atom. The Morgan fingerprint density at radius 1 is 0.582 bits per heavy atom. The maximum Gasteiger partial charge on any atom is 0.306 e. The van der Waals surface area contributed by atoms with Crippen molar-refractivity contribution in [2.75, 3.05) is 54.1 Å². The molecule has 9 heteroatoms. The Kier molecular flexibility index (Phi) is 38.2. The molecule has 0 radical (unpaired) electrons. The summed E-state index contributed by atoms with van der Waals surface area (Å²) in [5.41, 5.74) is 0. The van der Waals surface area contributed by atoms with Crippen LogP contribution in [-0.4, -0.2) is 70.7 Å². The van der Waals surface area contributed by atoms with E-state index in [-0.39, 0.29) is 25.8 Å². The summed E-state index contributed by atoms with van der Waals surface area (Å²) < 4.78 is 34.6. The van der Waals surface area contributed by atoms with Crippen LogP contribution in [0.2, 0.25) is 0 Å². The van der Waals surface area contributed by atoms with Crippen molar-refractivity contribution in [1.82, 2.24) is 0 Å². The molecular formula is C46H86NO7P. The standard InChI is InChI=1S/C46H86NO7P/c1-6-8-10-12-14-16-18-20-21-22-23-24-25-26-27-28-29-31-33-35-37-39-46(48)54-45(44-53-55(49,50)52-42-40-47(3,4)5)43-51-41-38-36-34-32-30-19-17-15-13-11-9-7-2/h8,10,14,16,20-21,23-24,45H,6-7,9,11-13,15,17-19,22,25-44H2,1-5H3/b10-8-,16-14-,21-20-,24-23-. The number of likely N-dealkylation sites (N-methyl/N-ethyl adjacent to an activating group) is 1. The highest BCUT2D eigenvalue weighted by molar-refractivity contribution is 7.45. The molecule has 0 aliphatic rings. The van der Waals surface area contributed by atoms with Crippen molar-refractivity contribution >= 4 is 13.8 Å². The van der Waals surface area contributed by atoms with E-state index in [0.29, 0.717) is 24.1 Å². The average Bonchev–Trinajstić information content (AvgIpc) is 3.13. The van der Waals surface area contributed by atoms with Gasteiger partial charge in [-0.25, -0.2) is 0 Å². The van der Waals surface area contributed by atoms with Crippen molar-refractivity contribution < 1.29 is 37.3 Å². The van der Waals surface area contributed by atoms with E-state index >= 15 is 0 Å². The predicted octanol–water partition coefficient (Wildman–Crippen LogP) is 12.5. The van der Waals surface area contributed by atoms with Gasteiger partial charge < -0.3 is 27.9 Å². The zero-order chi connectivity index (χ0) is 40.6. The van der Waals surface area contributed by atoms with Gasteiger partial charge in [-0.05, 0) is 51.4 Å². The summed E-state index contributed by atoms with van der Waals surface area (Å²) in [6, 6.07) is 0. The summed E-state index contributed by atoms with van der Waals surface area (Å²) in [7, 11) is 1.35. The van der Waals surface area contributed by atoms with Gasteiger partial charge in [0.2, 0.25) is 0 Å². The van der Waals surface area contributed by atoms with Crippen LogP contribution in [0.25, 0.3) is 0 Å². The smallest absolute Gasteiger partial charge is 0.306 e. The lowest BCUT2D eigenvalue weighted by atomic mass is 10.1. The number of ether oxygens (including phenoxy) is 2. The number of hydrogen-bond donors (Lipinski definition) is 0. The normalized spacial score (nSPS) is 14.2. The third kappa shape index (κ3) is 43.4. The molecule has 0 rings (SSSR count). The number of quaternary nitrogens is 1. The van der Waals surface area contributed by atoms with E-state index in [9.17, 15) is 14.3 Å². The third-order valence-corrected chi connectivity index (χ3v) is 10.4. The Morgan fingerprint density at radius 2 is 1.05 bits per heavy atom. The summed E-state index contributed by atoms with van der Waals surface area (Å²) in [6.45, 7) is 5.30. The maximum atomic E-state index is 12.7. The van der Waals surface area contributed by atoms with Crippen LogP contribution < -0.4 is 4.89 Å². The van der Waals surface area contributed by atoms with E-state index < -0.39 is 13.9 Å². The van der Waals surface area contributed by atoms with Gasteiger partial charge in [0.1, 0.15) is 19.3 Å². The number of phosphoric acid groups is 1. The minimum absolute atomic E-state index is 0.0240. The van der Waals surface area contributed by atoms with E-state index in [1.165, 1.54) is 96.3 Å². The molecule has 0 aliphatic carbocycles. The van der Waals surface area contributed by atoms with Gasteiger partial charge in [0.05, 0.1) is 34.4 Å². The van der Waals surface area contributed by atoms with E-state index in [2.05, 4.69) is 62.5 Å². The van der Waals surface area contributed by atoms with Gasteiger partial charge in [0.15, 0.2) is 0 Å². The van der Waals surface area contributed by atoms with Crippen LogP contribution in [0.15, 0.2) is 48.6 Å². The van der Waals surface area contributed by atoms with E-state index in [1.807, 2.05) is 21.1 Å². The molecule has 0 fully saturated rings. The van der Waals surface area contributed by atoms with Gasteiger partial charge in [-0.15, -0.1) is 0 Å². The average molecular weight is 796 g/mol. The van der Waals surface area contributed by atoms with Crippen molar-refractivity contribution in [3.63, 3.8) is 0 Å². The molecule has 0 amide bonds. The highest BCUT2D eigenvalue weighted by Gasteiger charge is 2.20. The number of unbranched alkanes of at least 4 members (excludes halogenated alkanes) is 19. The van der Waals surface area contributed by atoms with Crippen LogP contribution in [0.1, 0.15) is 181 Å². The molecule has 0 N–H and O–H groups in total. The van der Waals surface area contributed by atoms with Crippen LogP contribution in [-0.2, 0) is 27.9 Å². The Balaban J connectivity index is 4.20. The van der Waals surface area contributed by atoms with Crippen LogP contribution in [0.4, 0.5) is 0 Å². The first-order valence-corrected chi connectivity index (χ1v) is 23.8. The number of nitrogens with zero attached hydrogens (tertiary/aromatic N) is 1. The largest absolute Gasteiger partial charge is 0.756 e. The molecule has 0 aromatic heterocycles. The third-order valence-electron chi connectivity index (χ3n) is 9.39. The van der Waals surface area contributed by atoms with Crippen LogP contribution in [0, 0.1) is 0 Å². The minimum atomic E-state index is -4.52. The number of hydrogen-bond acceptors (Lipinski definition) is 7. The Labute approximate surface area is 339 Å². The molecule has 0 spiro atoms. The molecule has 2 unspecified atom stereocenters. The molecule has 55 heavy (non-hydrogen) atoms. The summed E-state index contributed by atoms with van der Waals surface area (Å²) in [6.07, 6.45) is 46.9. The lowest BCUT2D eigenvalue weighted by molar-refractivity contribution is -0.870. The topological polar surface area (TPSA) is 94.1 Å². The first-order chi connectivity index (χ1) is 26.6. The second kappa shape index (κ2) is 39.3. The Bertz CT molecular complexity index is 1020. The van der Waals surface area contributed by atoms with Crippen LogP contribution >= 0.6 is 7.82 Å². The number of carbonyl (C=O) groups is 1. The van der Waals surface area contributed by atoms with Crippen LogP contribution in [0.5, 0.6) is 0 Å². The Hall–Kier alpha value is -1.54. The zero-order valence-electron chi connectivity index (χ0n) is 36.4. The highest BCUT2D eigenvalue weighted by Crippen LogP contribution is 2.38. The first kappa shape index (κ1) is 53.5. The lowest BCUT2D eigenvalue weighted by Crippen LogP contribution is -2.37. The van der Waals surface area contributed by atoms with Crippen molar-refractivity contribution in [3.05, 3.63) is 48.6 Å². The monoisotopic (exact) mass is 796 g/mol. The lowest BCUT2D eigenvalue weighted by Gasteiger charge is -2.28. The van der Waals surface area contributed by atoms with E-state index in [0.717, 1.165) is 64.2 Å². The van der Waals surface area contributed by atoms with Gasteiger partial charge in [0.25, 0.3) is 7.82 Å². The molecule has 0 aliphatic heterocycles. The van der Waals surface area contributed by atoms with Gasteiger partial charge in [0, 0.05) is 13.0 Å². The van der Waals surface area contributed by atoms with Gasteiger partial charge >= 0.3 is 5.97 Å². The summed E-state index contributed by atoms with van der Waals surface area (Å²) in [4.78, 5) is 25.0. The zero-order valence-corrected chi connectivity index (χ0v) is 37.3. The highest BCUT2D eigenvalue weighted by atomic mass is 31.2. The fourth-order valence-electron chi connectivity index (χ4n) is 5.95. The maximum absolute atomic E-state index is 12.7. The van der Waals surface area contributed by atoms with E-state index in [1.54, 1.807) is 0 Å². The molecule has 0 saturated carbocycles.